The first kappa shape index (κ1) is 35.9. The summed E-state index contributed by atoms with van der Waals surface area (Å²) in [5.41, 5.74) is -6.67. The van der Waals surface area contributed by atoms with Crippen LogP contribution in [0.5, 0.6) is 0 Å². The number of methoxy groups -OCH3 is 1. The Morgan fingerprint density at radius 3 is 1.94 bits per heavy atom. The van der Waals surface area contributed by atoms with Gasteiger partial charge < -0.3 is 9.47 Å². The predicted molar refractivity (Wildman–Crippen MR) is 159 cm³/mol. The highest BCUT2D eigenvalue weighted by Gasteiger charge is 2.48. The Morgan fingerprint density at radius 2 is 1.45 bits per heavy atom. The van der Waals surface area contributed by atoms with Crippen LogP contribution in [0.2, 0.25) is 0 Å². The van der Waals surface area contributed by atoms with Crippen molar-refractivity contribution in [3.8, 4) is 11.1 Å². The monoisotopic (exact) mass is 702 g/mol. The molecular formula is C34H31F9N2O4. The van der Waals surface area contributed by atoms with Crippen molar-refractivity contribution in [2.45, 2.75) is 76.4 Å². The van der Waals surface area contributed by atoms with Gasteiger partial charge in [-0.3, -0.25) is 9.80 Å². The fourth-order valence-corrected chi connectivity index (χ4v) is 6.30. The van der Waals surface area contributed by atoms with E-state index in [4.69, 9.17) is 9.47 Å². The number of carbonyl (C=O) groups is 2. The van der Waals surface area contributed by atoms with E-state index in [9.17, 15) is 49.1 Å². The zero-order valence-corrected chi connectivity index (χ0v) is 26.3. The summed E-state index contributed by atoms with van der Waals surface area (Å²) in [7, 11) is 0.927. The van der Waals surface area contributed by atoms with E-state index in [1.807, 2.05) is 0 Å². The van der Waals surface area contributed by atoms with Gasteiger partial charge in [-0.05, 0) is 86.1 Å². The van der Waals surface area contributed by atoms with Crippen LogP contribution < -0.4 is 4.90 Å². The molecule has 49 heavy (non-hydrogen) atoms. The number of nitrogens with zero attached hydrogens (tertiary/aromatic N) is 2. The number of amides is 2. The molecule has 1 aliphatic carbocycles. The summed E-state index contributed by atoms with van der Waals surface area (Å²) in [6.07, 6.45) is -17.0. The highest BCUT2D eigenvalue weighted by Crippen LogP contribution is 2.51. The van der Waals surface area contributed by atoms with Crippen molar-refractivity contribution in [2.24, 2.45) is 5.92 Å². The number of hydrogen-bond donors (Lipinski definition) is 0. The molecule has 2 atom stereocenters. The number of anilines is 1. The van der Waals surface area contributed by atoms with Crippen LogP contribution in [0.15, 0.2) is 60.7 Å². The molecule has 2 aliphatic rings. The van der Waals surface area contributed by atoms with E-state index in [1.165, 1.54) is 23.1 Å². The fraction of sp³-hybridized carbons (Fsp3) is 0.412. The molecule has 2 amide bonds. The third-order valence-electron chi connectivity index (χ3n) is 8.48. The minimum Gasteiger partial charge on any atom is -0.453 e. The highest BCUT2D eigenvalue weighted by molar-refractivity contribution is 5.91. The summed E-state index contributed by atoms with van der Waals surface area (Å²) < 4.78 is 139. The van der Waals surface area contributed by atoms with Gasteiger partial charge in [0, 0.05) is 18.2 Å². The highest BCUT2D eigenvalue weighted by atomic mass is 19.4. The second-order valence-electron chi connectivity index (χ2n) is 12.3. The van der Waals surface area contributed by atoms with Crippen LogP contribution in [-0.2, 0) is 34.5 Å². The lowest BCUT2D eigenvalue weighted by molar-refractivity contribution is -0.142. The molecule has 1 saturated carbocycles. The molecule has 0 radical (unpaired) electrons. The number of rotatable bonds is 6. The van der Waals surface area contributed by atoms with Crippen molar-refractivity contribution in [1.29, 1.82) is 0 Å². The van der Waals surface area contributed by atoms with Crippen LogP contribution in [0.25, 0.3) is 11.1 Å². The maximum atomic E-state index is 14.5. The molecule has 0 N–H and O–H groups in total. The largest absolute Gasteiger partial charge is 0.453 e. The summed E-state index contributed by atoms with van der Waals surface area (Å²) in [6, 6.07) is 7.64. The van der Waals surface area contributed by atoms with Crippen molar-refractivity contribution in [3.05, 3.63) is 88.5 Å². The molecule has 1 heterocycles. The van der Waals surface area contributed by atoms with Gasteiger partial charge in [0.1, 0.15) is 0 Å². The van der Waals surface area contributed by atoms with Gasteiger partial charge in [0.25, 0.3) is 0 Å². The number of fused-ring (bicyclic) bond motifs is 1. The lowest BCUT2D eigenvalue weighted by atomic mass is 9.86. The number of hydrogen-bond acceptors (Lipinski definition) is 4. The van der Waals surface area contributed by atoms with Gasteiger partial charge in [0.2, 0.25) is 0 Å². The van der Waals surface area contributed by atoms with Gasteiger partial charge >= 0.3 is 30.7 Å². The maximum Gasteiger partial charge on any atom is 0.417 e. The molecule has 6 nitrogen and oxygen atoms in total. The van der Waals surface area contributed by atoms with E-state index >= 15 is 0 Å². The molecule has 0 saturated heterocycles. The quantitative estimate of drug-likeness (QED) is 0.240. The Hall–Kier alpha value is -4.43. The van der Waals surface area contributed by atoms with Crippen molar-refractivity contribution in [3.63, 3.8) is 0 Å². The average Bonchev–Trinajstić information content (AvgIpc) is 3.86. The molecule has 5 rings (SSSR count). The summed E-state index contributed by atoms with van der Waals surface area (Å²) in [5.74, 6) is -0.157. The molecule has 264 valence electrons. The van der Waals surface area contributed by atoms with E-state index in [2.05, 4.69) is 0 Å². The van der Waals surface area contributed by atoms with Crippen LogP contribution in [-0.4, -0.2) is 36.3 Å². The number of alkyl halides is 9. The molecule has 1 aliphatic heterocycles. The minimum atomic E-state index is -5.27. The Kier molecular flexibility index (Phi) is 9.60. The SMILES string of the molecule is COC(=O)N(Cc1cc(C(F)(F)F)c(-c2ccccc2)c(C(F)(F)F)c1)[C@H]1C[C@@H](C2CC2)N(C(=O)OC(C)C)c2ccc(C(F)(F)F)cc21. The molecule has 15 heteroatoms. The van der Waals surface area contributed by atoms with E-state index < -0.39 is 83.3 Å². The third-order valence-corrected chi connectivity index (χ3v) is 8.48. The van der Waals surface area contributed by atoms with Crippen molar-refractivity contribution < 1.29 is 58.6 Å². The Morgan fingerprint density at radius 1 is 0.857 bits per heavy atom. The Labute approximate surface area is 275 Å². The smallest absolute Gasteiger partial charge is 0.417 e. The van der Waals surface area contributed by atoms with Gasteiger partial charge in [0.05, 0.1) is 41.6 Å². The topological polar surface area (TPSA) is 59.1 Å². The lowest BCUT2D eigenvalue weighted by Gasteiger charge is -2.44. The first-order valence-corrected chi connectivity index (χ1v) is 15.2. The minimum absolute atomic E-state index is 0.0351. The van der Waals surface area contributed by atoms with Crippen LogP contribution >= 0.6 is 0 Å². The summed E-state index contributed by atoms with van der Waals surface area (Å²) in [5, 5.41) is 0. The van der Waals surface area contributed by atoms with Crippen LogP contribution in [0.1, 0.15) is 67.0 Å². The van der Waals surface area contributed by atoms with E-state index in [0.717, 1.165) is 42.3 Å². The van der Waals surface area contributed by atoms with Gasteiger partial charge in [-0.2, -0.15) is 39.5 Å². The summed E-state index contributed by atoms with van der Waals surface area (Å²) in [6.45, 7) is 2.26. The molecule has 0 spiro atoms. The number of halogens is 9. The molecule has 1 fully saturated rings. The maximum absolute atomic E-state index is 14.5. The van der Waals surface area contributed by atoms with Crippen molar-refractivity contribution >= 4 is 17.9 Å². The van der Waals surface area contributed by atoms with E-state index in [0.29, 0.717) is 25.0 Å². The number of carbonyl (C=O) groups excluding carboxylic acids is 2. The van der Waals surface area contributed by atoms with Crippen molar-refractivity contribution in [2.75, 3.05) is 12.0 Å². The zero-order chi connectivity index (χ0) is 36.1. The van der Waals surface area contributed by atoms with E-state index in [-0.39, 0.29) is 29.2 Å². The molecule has 0 unspecified atom stereocenters. The second-order valence-corrected chi connectivity index (χ2v) is 12.3. The first-order chi connectivity index (χ1) is 22.8. The summed E-state index contributed by atoms with van der Waals surface area (Å²) >= 11 is 0. The first-order valence-electron chi connectivity index (χ1n) is 15.2. The number of ether oxygens (including phenoxy) is 2. The average molecular weight is 703 g/mol. The molecular weight excluding hydrogens is 671 g/mol. The molecule has 3 aromatic rings. The lowest BCUT2D eigenvalue weighted by Crippen LogP contribution is -2.50. The van der Waals surface area contributed by atoms with Crippen LogP contribution in [0, 0.1) is 5.92 Å². The molecule has 0 bridgehead atoms. The van der Waals surface area contributed by atoms with Crippen LogP contribution in [0.3, 0.4) is 0 Å². The normalized spacial score (nSPS) is 18.3. The Balaban J connectivity index is 1.70. The predicted octanol–water partition coefficient (Wildman–Crippen LogP) is 10.3. The van der Waals surface area contributed by atoms with Gasteiger partial charge in [-0.15, -0.1) is 0 Å². The van der Waals surface area contributed by atoms with Gasteiger partial charge in [0.15, 0.2) is 0 Å². The fourth-order valence-electron chi connectivity index (χ4n) is 6.30. The second kappa shape index (κ2) is 13.1. The van der Waals surface area contributed by atoms with Crippen LogP contribution in [0.4, 0.5) is 54.8 Å². The van der Waals surface area contributed by atoms with E-state index in [1.54, 1.807) is 13.8 Å². The standard InChI is InChI=1S/C34H31F9N2O4/c1-18(2)49-31(47)45-26-12-11-22(32(35,36)37)15-23(26)28(16-27(45)20-9-10-20)44(30(46)48-3)17-19-13-24(33(38,39)40)29(21-7-5-4-6-8-21)25(14-19)34(41,42)43/h4-8,11-15,18,20,27-28H,9-10,16-17H2,1-3H3/t27-,28-/m0/s1. The summed E-state index contributed by atoms with van der Waals surface area (Å²) in [4.78, 5) is 28.7. The third kappa shape index (κ3) is 7.59. The molecule has 3 aromatic carbocycles. The van der Waals surface area contributed by atoms with Crippen molar-refractivity contribution in [1.82, 2.24) is 4.90 Å². The zero-order valence-electron chi connectivity index (χ0n) is 26.3. The van der Waals surface area contributed by atoms with Gasteiger partial charge in [-0.1, -0.05) is 30.3 Å². The number of benzene rings is 3. The molecule has 0 aromatic heterocycles. The Bertz CT molecular complexity index is 1670. The van der Waals surface area contributed by atoms with Gasteiger partial charge in [-0.25, -0.2) is 9.59 Å².